The van der Waals surface area contributed by atoms with Crippen LogP contribution in [0.5, 0.6) is 0 Å². The van der Waals surface area contributed by atoms with Gasteiger partial charge in [0.05, 0.1) is 18.5 Å². The minimum atomic E-state index is -0.454. The van der Waals surface area contributed by atoms with E-state index in [2.05, 4.69) is 21.4 Å². The average molecular weight is 373 g/mol. The highest BCUT2D eigenvalue weighted by Crippen LogP contribution is 2.23. The van der Waals surface area contributed by atoms with Crippen molar-refractivity contribution < 1.29 is 14.3 Å². The number of hydrogen-bond donors (Lipinski definition) is 1. The maximum Gasteiger partial charge on any atom is 0.350 e. The average Bonchev–Trinajstić information content (AvgIpc) is 3.21. The Balaban J connectivity index is 1.55. The summed E-state index contributed by atoms with van der Waals surface area (Å²) < 4.78 is 6.58. The van der Waals surface area contributed by atoms with Crippen LogP contribution in [0.2, 0.25) is 0 Å². The van der Waals surface area contributed by atoms with E-state index >= 15 is 0 Å². The lowest BCUT2D eigenvalue weighted by Crippen LogP contribution is -2.28. The monoisotopic (exact) mass is 373 g/mol. The third-order valence-electron chi connectivity index (χ3n) is 4.17. The van der Waals surface area contributed by atoms with Crippen molar-refractivity contribution in [2.45, 2.75) is 25.9 Å². The summed E-state index contributed by atoms with van der Waals surface area (Å²) >= 11 is 1.23. The molecule has 0 spiro atoms. The summed E-state index contributed by atoms with van der Waals surface area (Å²) in [5, 5.41) is 17.7. The van der Waals surface area contributed by atoms with Gasteiger partial charge in [-0.3, -0.25) is 14.4 Å². The van der Waals surface area contributed by atoms with Crippen LogP contribution in [0.4, 0.5) is 5.69 Å². The third-order valence-corrected chi connectivity index (χ3v) is 5.07. The molecule has 2 aromatic heterocycles. The van der Waals surface area contributed by atoms with Crippen LogP contribution in [0.25, 0.3) is 0 Å². The molecular weight excluding hydrogens is 354 g/mol. The molecule has 1 aliphatic rings. The third kappa shape index (κ3) is 4.09. The van der Waals surface area contributed by atoms with Gasteiger partial charge in [-0.25, -0.2) is 4.79 Å². The Labute approximate surface area is 155 Å². The van der Waals surface area contributed by atoms with Gasteiger partial charge < -0.3 is 10.1 Å². The molecule has 0 saturated carbocycles. The lowest BCUT2D eigenvalue weighted by atomic mass is 10.3. The highest BCUT2D eigenvalue weighted by Gasteiger charge is 2.19. The van der Waals surface area contributed by atoms with E-state index in [0.717, 1.165) is 25.2 Å². The lowest BCUT2D eigenvalue weighted by molar-refractivity contribution is -0.116. The van der Waals surface area contributed by atoms with Crippen LogP contribution in [0.1, 0.15) is 33.9 Å². The van der Waals surface area contributed by atoms with Gasteiger partial charge in [0.1, 0.15) is 10.9 Å². The second kappa shape index (κ2) is 8.12. The van der Waals surface area contributed by atoms with E-state index in [1.54, 1.807) is 17.5 Å². The van der Waals surface area contributed by atoms with E-state index in [9.17, 15) is 9.59 Å². The summed E-state index contributed by atoms with van der Waals surface area (Å²) in [5.74, 6) is -0.603. The fraction of sp³-hybridized carbons (Fsp3) is 0.412. The van der Waals surface area contributed by atoms with E-state index in [1.807, 2.05) is 4.68 Å². The summed E-state index contributed by atoms with van der Waals surface area (Å²) in [6.07, 6.45) is 1.23. The van der Waals surface area contributed by atoms with Crippen LogP contribution in [-0.4, -0.2) is 46.8 Å². The zero-order valence-corrected chi connectivity index (χ0v) is 15.2. The van der Waals surface area contributed by atoms with E-state index in [4.69, 9.17) is 10.00 Å². The van der Waals surface area contributed by atoms with Crippen molar-refractivity contribution in [3.8, 4) is 6.07 Å². The molecule has 0 aromatic carbocycles. The summed E-state index contributed by atoms with van der Waals surface area (Å²) in [7, 11) is 1.31. The molecule has 8 nitrogen and oxygen atoms in total. The number of ether oxygens (including phenoxy) is 1. The van der Waals surface area contributed by atoms with E-state index in [0.29, 0.717) is 35.8 Å². The smallest absolute Gasteiger partial charge is 0.350 e. The number of aromatic nitrogens is 2. The van der Waals surface area contributed by atoms with Gasteiger partial charge in [0.25, 0.3) is 0 Å². The molecular formula is C17H19N5O3S. The molecule has 0 aliphatic carbocycles. The molecule has 1 N–H and O–H groups in total. The largest absolute Gasteiger partial charge is 0.465 e. The zero-order chi connectivity index (χ0) is 18.5. The Bertz CT molecular complexity index is 851. The predicted octanol–water partition coefficient (Wildman–Crippen LogP) is 1.84. The first-order valence-electron chi connectivity index (χ1n) is 8.25. The van der Waals surface area contributed by atoms with Crippen molar-refractivity contribution in [3.05, 3.63) is 33.8 Å². The Hall–Kier alpha value is -2.70. The molecule has 0 atom stereocenters. The van der Waals surface area contributed by atoms with Crippen LogP contribution >= 0.6 is 11.3 Å². The molecule has 26 heavy (non-hydrogen) atoms. The summed E-state index contributed by atoms with van der Waals surface area (Å²) in [4.78, 5) is 26.5. The predicted molar refractivity (Wildman–Crippen MR) is 95.7 cm³/mol. The SMILES string of the molecule is COC(=O)c1sccc1NC(=O)CCN1CCCn2nc(C#N)cc2C1. The van der Waals surface area contributed by atoms with Gasteiger partial charge in [0, 0.05) is 32.6 Å². The minimum Gasteiger partial charge on any atom is -0.465 e. The van der Waals surface area contributed by atoms with Crippen molar-refractivity contribution in [1.29, 1.82) is 5.26 Å². The molecule has 0 bridgehead atoms. The van der Waals surface area contributed by atoms with Gasteiger partial charge in [0.15, 0.2) is 5.69 Å². The lowest BCUT2D eigenvalue weighted by Gasteiger charge is -2.19. The van der Waals surface area contributed by atoms with Gasteiger partial charge in [-0.2, -0.15) is 10.4 Å². The topological polar surface area (TPSA) is 100 Å². The van der Waals surface area contributed by atoms with Gasteiger partial charge in [-0.05, 0) is 23.9 Å². The number of amides is 1. The summed E-state index contributed by atoms with van der Waals surface area (Å²) in [6, 6.07) is 5.56. The van der Waals surface area contributed by atoms with Crippen LogP contribution in [0.15, 0.2) is 17.5 Å². The second-order valence-electron chi connectivity index (χ2n) is 5.94. The normalized spacial score (nSPS) is 14.2. The number of nitriles is 1. The maximum atomic E-state index is 12.3. The number of nitrogens with zero attached hydrogens (tertiary/aromatic N) is 4. The molecule has 0 radical (unpaired) electrons. The Morgan fingerprint density at radius 1 is 1.46 bits per heavy atom. The van der Waals surface area contributed by atoms with Gasteiger partial charge in [-0.1, -0.05) is 0 Å². The number of rotatable bonds is 5. The molecule has 136 valence electrons. The van der Waals surface area contributed by atoms with Crippen LogP contribution < -0.4 is 5.32 Å². The van der Waals surface area contributed by atoms with Crippen molar-refractivity contribution in [3.63, 3.8) is 0 Å². The van der Waals surface area contributed by atoms with Crippen molar-refractivity contribution in [2.75, 3.05) is 25.5 Å². The Kier molecular flexibility index (Phi) is 5.65. The number of esters is 1. The first-order chi connectivity index (χ1) is 12.6. The molecule has 1 amide bonds. The number of hydrogen-bond acceptors (Lipinski definition) is 7. The number of aryl methyl sites for hydroxylation is 1. The maximum absolute atomic E-state index is 12.3. The zero-order valence-electron chi connectivity index (χ0n) is 14.4. The van der Waals surface area contributed by atoms with Crippen molar-refractivity contribution in [1.82, 2.24) is 14.7 Å². The summed E-state index contributed by atoms with van der Waals surface area (Å²) in [6.45, 7) is 2.89. The molecule has 1 aliphatic heterocycles. The minimum absolute atomic E-state index is 0.149. The quantitative estimate of drug-likeness (QED) is 0.803. The Morgan fingerprint density at radius 3 is 3.08 bits per heavy atom. The van der Waals surface area contributed by atoms with Gasteiger partial charge in [0.2, 0.25) is 5.91 Å². The first kappa shape index (κ1) is 18.1. The highest BCUT2D eigenvalue weighted by molar-refractivity contribution is 7.12. The number of fused-ring (bicyclic) bond motifs is 1. The fourth-order valence-corrected chi connectivity index (χ4v) is 3.67. The molecule has 2 aromatic rings. The van der Waals surface area contributed by atoms with E-state index < -0.39 is 5.97 Å². The van der Waals surface area contributed by atoms with Crippen molar-refractivity contribution in [2.24, 2.45) is 0 Å². The van der Waals surface area contributed by atoms with Gasteiger partial charge >= 0.3 is 5.97 Å². The number of carbonyl (C=O) groups excluding carboxylic acids is 2. The highest BCUT2D eigenvalue weighted by atomic mass is 32.1. The molecule has 0 fully saturated rings. The molecule has 0 saturated heterocycles. The standard InChI is InChI=1S/C17H19N5O3S/c1-25-17(24)16-14(4-8-26-16)19-15(23)3-7-21-5-2-6-22-13(11-21)9-12(10-18)20-22/h4,8-9H,2-3,5-7,11H2,1H3,(H,19,23). The number of nitrogens with one attached hydrogen (secondary N) is 1. The van der Waals surface area contributed by atoms with Gasteiger partial charge in [-0.15, -0.1) is 11.3 Å². The van der Waals surface area contributed by atoms with Crippen LogP contribution in [-0.2, 0) is 22.6 Å². The molecule has 0 unspecified atom stereocenters. The Morgan fingerprint density at radius 2 is 2.31 bits per heavy atom. The fourth-order valence-electron chi connectivity index (χ4n) is 2.90. The summed E-state index contributed by atoms with van der Waals surface area (Å²) in [5.41, 5.74) is 1.90. The number of thiophene rings is 1. The van der Waals surface area contributed by atoms with Crippen LogP contribution in [0, 0.1) is 11.3 Å². The number of carbonyl (C=O) groups is 2. The number of methoxy groups -OCH3 is 1. The van der Waals surface area contributed by atoms with Crippen LogP contribution in [0.3, 0.4) is 0 Å². The molecule has 9 heteroatoms. The van der Waals surface area contributed by atoms with Crippen molar-refractivity contribution >= 4 is 28.9 Å². The second-order valence-corrected chi connectivity index (χ2v) is 6.85. The number of anilines is 1. The van der Waals surface area contributed by atoms with E-state index in [1.165, 1.54) is 18.4 Å². The molecule has 3 rings (SSSR count). The first-order valence-corrected chi connectivity index (χ1v) is 9.13. The molecule has 3 heterocycles. The van der Waals surface area contributed by atoms with E-state index in [-0.39, 0.29) is 5.91 Å².